The Kier molecular flexibility index (Phi) is 12.5. The van der Waals surface area contributed by atoms with E-state index in [1.165, 1.54) is 69.8 Å². The maximum atomic E-state index is 6.91. The van der Waals surface area contributed by atoms with Crippen LogP contribution >= 0.6 is 12.4 Å². The zero-order valence-electron chi connectivity index (χ0n) is 17.2. The van der Waals surface area contributed by atoms with Gasteiger partial charge in [0.25, 0.3) is 0 Å². The van der Waals surface area contributed by atoms with Crippen molar-refractivity contribution in [3.8, 4) is 0 Å². The molecule has 0 aliphatic rings. The van der Waals surface area contributed by atoms with Gasteiger partial charge in [-0.05, 0) is 17.4 Å². The number of hydrogen-bond acceptors (Lipinski definition) is 1. The number of benzene rings is 1. The van der Waals surface area contributed by atoms with Gasteiger partial charge in [0.2, 0.25) is 0 Å². The normalized spacial score (nSPS) is 14.0. The van der Waals surface area contributed by atoms with Gasteiger partial charge in [0.15, 0.2) is 0 Å². The summed E-state index contributed by atoms with van der Waals surface area (Å²) in [4.78, 5) is 0. The molecule has 0 fully saturated rings. The molecule has 1 unspecified atom stereocenters. The number of hydrogen-bond donors (Lipinski definition) is 1. The monoisotopic (exact) mass is 367 g/mol. The Balaban J connectivity index is 0.00000576. The van der Waals surface area contributed by atoms with Gasteiger partial charge in [-0.2, -0.15) is 0 Å². The second-order valence-electron chi connectivity index (χ2n) is 8.52. The Hall–Kier alpha value is -0.530. The third-order valence-corrected chi connectivity index (χ3v) is 5.55. The van der Waals surface area contributed by atoms with Gasteiger partial charge in [-0.3, -0.25) is 0 Å². The van der Waals surface area contributed by atoms with E-state index >= 15 is 0 Å². The number of nitrogens with two attached hydrogens (primary N) is 1. The highest BCUT2D eigenvalue weighted by molar-refractivity contribution is 5.85. The quantitative estimate of drug-likeness (QED) is 0.377. The van der Waals surface area contributed by atoms with Crippen LogP contribution in [0, 0.1) is 5.41 Å². The van der Waals surface area contributed by atoms with Crippen LogP contribution in [0.2, 0.25) is 0 Å². The second-order valence-corrected chi connectivity index (χ2v) is 8.52. The van der Waals surface area contributed by atoms with Gasteiger partial charge < -0.3 is 5.73 Å². The van der Waals surface area contributed by atoms with Crippen molar-refractivity contribution in [2.75, 3.05) is 0 Å². The van der Waals surface area contributed by atoms with Crippen molar-refractivity contribution in [2.45, 2.75) is 104 Å². The molecule has 2 heteroatoms. The minimum atomic E-state index is -0.228. The smallest absolute Gasteiger partial charge is 0.0458 e. The third kappa shape index (κ3) is 8.60. The Morgan fingerprint density at radius 3 is 1.60 bits per heavy atom. The second kappa shape index (κ2) is 12.8. The van der Waals surface area contributed by atoms with E-state index in [0.717, 1.165) is 6.42 Å². The fraction of sp³-hybridized carbons (Fsp3) is 0.739. The van der Waals surface area contributed by atoms with Crippen LogP contribution in [-0.4, -0.2) is 0 Å². The molecule has 1 rings (SSSR count). The predicted octanol–water partition coefficient (Wildman–Crippen LogP) is 7.62. The van der Waals surface area contributed by atoms with Crippen LogP contribution < -0.4 is 5.73 Å². The zero-order chi connectivity index (χ0) is 17.9. The molecule has 0 bridgehead atoms. The van der Waals surface area contributed by atoms with Crippen molar-refractivity contribution in [2.24, 2.45) is 11.1 Å². The van der Waals surface area contributed by atoms with Crippen molar-refractivity contribution in [3.05, 3.63) is 35.9 Å². The van der Waals surface area contributed by atoms with Gasteiger partial charge in [0.05, 0.1) is 0 Å². The lowest BCUT2D eigenvalue weighted by Crippen LogP contribution is -2.48. The van der Waals surface area contributed by atoms with Crippen molar-refractivity contribution >= 4 is 12.4 Å². The number of halogens is 1. The molecule has 1 nitrogen and oxygen atoms in total. The molecule has 0 aliphatic carbocycles. The van der Waals surface area contributed by atoms with Crippen molar-refractivity contribution in [1.82, 2.24) is 0 Å². The molecule has 146 valence electrons. The predicted molar refractivity (Wildman–Crippen MR) is 115 cm³/mol. The maximum Gasteiger partial charge on any atom is 0.0458 e. The first-order valence-corrected chi connectivity index (χ1v) is 10.3. The van der Waals surface area contributed by atoms with Crippen LogP contribution in [0.15, 0.2) is 30.3 Å². The lowest BCUT2D eigenvalue weighted by Gasteiger charge is -2.42. The van der Waals surface area contributed by atoms with E-state index in [0.29, 0.717) is 0 Å². The maximum absolute atomic E-state index is 6.91. The van der Waals surface area contributed by atoms with Gasteiger partial charge in [-0.25, -0.2) is 0 Å². The first kappa shape index (κ1) is 24.5. The number of unbranched alkanes of at least 4 members (excludes halogenated alkanes) is 9. The van der Waals surface area contributed by atoms with Crippen LogP contribution in [0.5, 0.6) is 0 Å². The first-order valence-electron chi connectivity index (χ1n) is 10.3. The van der Waals surface area contributed by atoms with Gasteiger partial charge >= 0.3 is 0 Å². The summed E-state index contributed by atoms with van der Waals surface area (Å²) < 4.78 is 0. The molecule has 0 saturated carbocycles. The molecular weight excluding hydrogens is 326 g/mol. The molecule has 0 aliphatic heterocycles. The van der Waals surface area contributed by atoms with E-state index in [1.807, 2.05) is 0 Å². The molecular formula is C23H42ClN. The summed E-state index contributed by atoms with van der Waals surface area (Å²) in [6.07, 6.45) is 14.8. The molecule has 0 heterocycles. The standard InChI is InChI=1S/C23H41N.ClH/c1-5-6-7-8-9-10-11-12-13-17-20-23(24,22(2,3)4)21-18-15-14-16-19-21;/h14-16,18-19H,5-13,17,20,24H2,1-4H3;1H. The van der Waals surface area contributed by atoms with Crippen LogP contribution in [-0.2, 0) is 5.54 Å². The van der Waals surface area contributed by atoms with E-state index in [9.17, 15) is 0 Å². The molecule has 0 saturated heterocycles. The Morgan fingerprint density at radius 2 is 1.16 bits per heavy atom. The topological polar surface area (TPSA) is 26.0 Å². The average molecular weight is 368 g/mol. The highest BCUT2D eigenvalue weighted by Gasteiger charge is 2.38. The Labute approximate surface area is 163 Å². The molecule has 1 aromatic rings. The number of rotatable bonds is 12. The summed E-state index contributed by atoms with van der Waals surface area (Å²) in [6.45, 7) is 9.10. The summed E-state index contributed by atoms with van der Waals surface area (Å²) in [5.74, 6) is 0. The van der Waals surface area contributed by atoms with Gasteiger partial charge in [0.1, 0.15) is 0 Å². The van der Waals surface area contributed by atoms with E-state index in [-0.39, 0.29) is 23.4 Å². The SMILES string of the molecule is CCCCCCCCCCCCC(N)(c1ccccc1)C(C)(C)C.Cl. The Morgan fingerprint density at radius 1 is 0.720 bits per heavy atom. The summed E-state index contributed by atoms with van der Waals surface area (Å²) in [5.41, 5.74) is 8.04. The molecule has 0 amide bonds. The van der Waals surface area contributed by atoms with Gasteiger partial charge in [-0.15, -0.1) is 12.4 Å². The summed E-state index contributed by atoms with van der Waals surface area (Å²) in [7, 11) is 0. The Bertz CT molecular complexity index is 423. The van der Waals surface area contributed by atoms with Crippen molar-refractivity contribution < 1.29 is 0 Å². The minimum Gasteiger partial charge on any atom is -0.321 e. The lowest BCUT2D eigenvalue weighted by atomic mass is 9.67. The first-order chi connectivity index (χ1) is 11.4. The van der Waals surface area contributed by atoms with Crippen molar-refractivity contribution in [3.63, 3.8) is 0 Å². The van der Waals surface area contributed by atoms with Crippen LogP contribution in [0.1, 0.15) is 104 Å². The van der Waals surface area contributed by atoms with E-state index < -0.39 is 0 Å². The summed E-state index contributed by atoms with van der Waals surface area (Å²) in [5, 5.41) is 0. The van der Waals surface area contributed by atoms with Crippen LogP contribution in [0.4, 0.5) is 0 Å². The van der Waals surface area contributed by atoms with E-state index in [4.69, 9.17) is 5.73 Å². The van der Waals surface area contributed by atoms with E-state index in [2.05, 4.69) is 58.0 Å². The summed E-state index contributed by atoms with van der Waals surface area (Å²) in [6, 6.07) is 10.7. The van der Waals surface area contributed by atoms with E-state index in [1.54, 1.807) is 0 Å². The van der Waals surface area contributed by atoms with Crippen LogP contribution in [0.3, 0.4) is 0 Å². The zero-order valence-corrected chi connectivity index (χ0v) is 18.0. The molecule has 0 spiro atoms. The lowest BCUT2D eigenvalue weighted by molar-refractivity contribution is 0.169. The minimum absolute atomic E-state index is 0. The highest BCUT2D eigenvalue weighted by Crippen LogP contribution is 2.41. The van der Waals surface area contributed by atoms with Crippen molar-refractivity contribution in [1.29, 1.82) is 0 Å². The largest absolute Gasteiger partial charge is 0.321 e. The van der Waals surface area contributed by atoms with Gasteiger partial charge in [-0.1, -0.05) is 122 Å². The fourth-order valence-corrected chi connectivity index (χ4v) is 3.58. The van der Waals surface area contributed by atoms with Crippen LogP contribution in [0.25, 0.3) is 0 Å². The van der Waals surface area contributed by atoms with Gasteiger partial charge in [0, 0.05) is 5.54 Å². The third-order valence-electron chi connectivity index (χ3n) is 5.55. The molecule has 1 aromatic carbocycles. The molecule has 25 heavy (non-hydrogen) atoms. The molecule has 2 N–H and O–H groups in total. The highest BCUT2D eigenvalue weighted by atomic mass is 35.5. The molecule has 0 radical (unpaired) electrons. The summed E-state index contributed by atoms with van der Waals surface area (Å²) >= 11 is 0. The molecule has 1 atom stereocenters. The average Bonchev–Trinajstić information content (AvgIpc) is 2.56. The fourth-order valence-electron chi connectivity index (χ4n) is 3.58. The molecule has 0 aromatic heterocycles.